The second kappa shape index (κ2) is 8.62. The molecule has 134 valence electrons. The Balaban J connectivity index is 1.48. The molecule has 0 saturated carbocycles. The summed E-state index contributed by atoms with van der Waals surface area (Å²) in [5, 5.41) is 6.97. The average molecular weight is 344 g/mol. The van der Waals surface area contributed by atoms with Gasteiger partial charge in [0.2, 0.25) is 11.7 Å². The predicted octanol–water partition coefficient (Wildman–Crippen LogP) is 2.49. The van der Waals surface area contributed by atoms with Crippen LogP contribution < -0.4 is 5.32 Å². The van der Waals surface area contributed by atoms with Crippen LogP contribution in [0.25, 0.3) is 11.4 Å². The molecule has 1 aliphatic rings. The molecule has 7 heteroatoms. The minimum absolute atomic E-state index is 0.135. The Kier molecular flexibility index (Phi) is 6.00. The Hall–Kier alpha value is -2.41. The van der Waals surface area contributed by atoms with Crippen LogP contribution in [0, 0.1) is 0 Å². The van der Waals surface area contributed by atoms with Crippen LogP contribution in [-0.4, -0.2) is 53.4 Å². The van der Waals surface area contributed by atoms with Crippen LogP contribution in [0.4, 0.5) is 4.79 Å². The first-order valence-electron chi connectivity index (χ1n) is 8.78. The van der Waals surface area contributed by atoms with Crippen molar-refractivity contribution in [3.8, 4) is 11.4 Å². The average Bonchev–Trinajstić information content (AvgIpc) is 3.10. The lowest BCUT2D eigenvalue weighted by molar-refractivity contribution is 0.133. The lowest BCUT2D eigenvalue weighted by Crippen LogP contribution is -2.48. The van der Waals surface area contributed by atoms with E-state index in [1.54, 1.807) is 6.92 Å². The van der Waals surface area contributed by atoms with Gasteiger partial charge in [-0.2, -0.15) is 4.98 Å². The Morgan fingerprint density at radius 2 is 2.24 bits per heavy atom. The van der Waals surface area contributed by atoms with E-state index in [2.05, 4.69) is 20.4 Å². The summed E-state index contributed by atoms with van der Waals surface area (Å²) in [5.41, 5.74) is 0.953. The van der Waals surface area contributed by atoms with Crippen molar-refractivity contribution in [3.63, 3.8) is 0 Å². The molecule has 0 aliphatic carbocycles. The number of benzene rings is 1. The SMILES string of the molecule is CCOC(=O)N[C@H]1CCCN(CCc2nc(-c3ccccc3)no2)C1. The number of likely N-dealkylation sites (tertiary alicyclic amines) is 1. The molecule has 1 saturated heterocycles. The Morgan fingerprint density at radius 1 is 1.40 bits per heavy atom. The number of aromatic nitrogens is 2. The Bertz CT molecular complexity index is 674. The number of alkyl carbamates (subject to hydrolysis) is 1. The number of hydrogen-bond acceptors (Lipinski definition) is 6. The molecule has 1 aliphatic heterocycles. The van der Waals surface area contributed by atoms with E-state index in [0.717, 1.165) is 38.0 Å². The van der Waals surface area contributed by atoms with Gasteiger partial charge in [0.05, 0.1) is 6.61 Å². The number of amides is 1. The zero-order chi connectivity index (χ0) is 17.5. The largest absolute Gasteiger partial charge is 0.450 e. The fourth-order valence-electron chi connectivity index (χ4n) is 3.03. The molecule has 25 heavy (non-hydrogen) atoms. The third-order valence-electron chi connectivity index (χ3n) is 4.24. The van der Waals surface area contributed by atoms with E-state index in [9.17, 15) is 4.79 Å². The number of carbonyl (C=O) groups is 1. The van der Waals surface area contributed by atoms with Crippen molar-refractivity contribution in [1.82, 2.24) is 20.4 Å². The first-order valence-corrected chi connectivity index (χ1v) is 8.78. The summed E-state index contributed by atoms with van der Waals surface area (Å²) in [6.45, 7) is 4.86. The topological polar surface area (TPSA) is 80.5 Å². The number of piperidine rings is 1. The monoisotopic (exact) mass is 344 g/mol. The number of nitrogens with one attached hydrogen (secondary N) is 1. The summed E-state index contributed by atoms with van der Waals surface area (Å²) in [5.74, 6) is 1.26. The maximum absolute atomic E-state index is 11.5. The van der Waals surface area contributed by atoms with Crippen molar-refractivity contribution in [1.29, 1.82) is 0 Å². The van der Waals surface area contributed by atoms with Crippen LogP contribution in [0.15, 0.2) is 34.9 Å². The molecule has 1 amide bonds. The molecular weight excluding hydrogens is 320 g/mol. The molecule has 0 spiro atoms. The summed E-state index contributed by atoms with van der Waals surface area (Å²) in [6.07, 6.45) is 2.40. The van der Waals surface area contributed by atoms with E-state index >= 15 is 0 Å². The zero-order valence-electron chi connectivity index (χ0n) is 14.5. The van der Waals surface area contributed by atoms with Gasteiger partial charge in [0.25, 0.3) is 0 Å². The molecule has 2 aromatic rings. The van der Waals surface area contributed by atoms with Gasteiger partial charge in [0.15, 0.2) is 0 Å². The van der Waals surface area contributed by atoms with Gasteiger partial charge in [0.1, 0.15) is 0 Å². The molecule has 3 rings (SSSR count). The highest BCUT2D eigenvalue weighted by molar-refractivity contribution is 5.67. The molecule has 2 heterocycles. The maximum atomic E-state index is 11.5. The standard InChI is InChI=1S/C18H24N4O3/c1-2-24-18(23)19-15-9-6-11-22(13-15)12-10-16-20-17(21-25-16)14-7-4-3-5-8-14/h3-5,7-8,15H,2,6,9-13H2,1H3,(H,19,23)/t15-/m0/s1. The van der Waals surface area contributed by atoms with E-state index in [4.69, 9.17) is 9.26 Å². The van der Waals surface area contributed by atoms with Crippen LogP contribution in [0.5, 0.6) is 0 Å². The number of hydrogen-bond donors (Lipinski definition) is 1. The lowest BCUT2D eigenvalue weighted by Gasteiger charge is -2.32. The van der Waals surface area contributed by atoms with Gasteiger partial charge in [-0.05, 0) is 26.3 Å². The summed E-state index contributed by atoms with van der Waals surface area (Å²) in [4.78, 5) is 18.3. The molecule has 7 nitrogen and oxygen atoms in total. The van der Waals surface area contributed by atoms with Crippen LogP contribution in [-0.2, 0) is 11.2 Å². The smallest absolute Gasteiger partial charge is 0.407 e. The quantitative estimate of drug-likeness (QED) is 0.867. The van der Waals surface area contributed by atoms with Gasteiger partial charge in [-0.1, -0.05) is 35.5 Å². The Morgan fingerprint density at radius 3 is 3.04 bits per heavy atom. The van der Waals surface area contributed by atoms with Gasteiger partial charge >= 0.3 is 6.09 Å². The van der Waals surface area contributed by atoms with Gasteiger partial charge < -0.3 is 19.5 Å². The minimum Gasteiger partial charge on any atom is -0.450 e. The molecule has 1 N–H and O–H groups in total. The van der Waals surface area contributed by atoms with Gasteiger partial charge in [-0.15, -0.1) is 0 Å². The molecule has 0 unspecified atom stereocenters. The van der Waals surface area contributed by atoms with E-state index in [0.29, 0.717) is 24.7 Å². The normalized spacial score (nSPS) is 18.0. The summed E-state index contributed by atoms with van der Waals surface area (Å²) < 4.78 is 10.3. The van der Waals surface area contributed by atoms with Crippen LogP contribution in [0.2, 0.25) is 0 Å². The molecule has 0 bridgehead atoms. The van der Waals surface area contributed by atoms with Crippen LogP contribution in [0.1, 0.15) is 25.7 Å². The van der Waals surface area contributed by atoms with Crippen molar-refractivity contribution in [3.05, 3.63) is 36.2 Å². The fourth-order valence-corrected chi connectivity index (χ4v) is 3.03. The number of carbonyl (C=O) groups excluding carboxylic acids is 1. The summed E-state index contributed by atoms with van der Waals surface area (Å²) >= 11 is 0. The zero-order valence-corrected chi connectivity index (χ0v) is 14.5. The maximum Gasteiger partial charge on any atom is 0.407 e. The van der Waals surface area contributed by atoms with Crippen molar-refractivity contribution in [2.24, 2.45) is 0 Å². The third kappa shape index (κ3) is 5.03. The molecule has 1 fully saturated rings. The number of rotatable bonds is 6. The number of ether oxygens (including phenoxy) is 1. The van der Waals surface area contributed by atoms with Gasteiger partial charge in [-0.25, -0.2) is 4.79 Å². The molecule has 1 aromatic carbocycles. The van der Waals surface area contributed by atoms with Crippen molar-refractivity contribution < 1.29 is 14.1 Å². The third-order valence-corrected chi connectivity index (χ3v) is 4.24. The Labute approximate surface area is 147 Å². The van der Waals surface area contributed by atoms with E-state index in [1.807, 2.05) is 30.3 Å². The summed E-state index contributed by atoms with van der Waals surface area (Å²) in [7, 11) is 0. The second-order valence-corrected chi connectivity index (χ2v) is 6.13. The predicted molar refractivity (Wildman–Crippen MR) is 93.1 cm³/mol. The molecule has 1 aromatic heterocycles. The van der Waals surface area contributed by atoms with E-state index in [1.165, 1.54) is 0 Å². The number of nitrogens with zero attached hydrogens (tertiary/aromatic N) is 3. The molecule has 1 atom stereocenters. The van der Waals surface area contributed by atoms with Crippen LogP contribution >= 0.6 is 0 Å². The van der Waals surface area contributed by atoms with E-state index < -0.39 is 0 Å². The second-order valence-electron chi connectivity index (χ2n) is 6.13. The van der Waals surface area contributed by atoms with Gasteiger partial charge in [-0.3, -0.25) is 0 Å². The molecular formula is C18H24N4O3. The first kappa shape index (κ1) is 17.4. The fraction of sp³-hybridized carbons (Fsp3) is 0.500. The first-order chi connectivity index (χ1) is 12.2. The molecule has 0 radical (unpaired) electrons. The highest BCUT2D eigenvalue weighted by atomic mass is 16.5. The highest BCUT2D eigenvalue weighted by Gasteiger charge is 2.22. The van der Waals surface area contributed by atoms with Crippen molar-refractivity contribution in [2.75, 3.05) is 26.2 Å². The van der Waals surface area contributed by atoms with Crippen molar-refractivity contribution >= 4 is 6.09 Å². The minimum atomic E-state index is -0.334. The van der Waals surface area contributed by atoms with Crippen LogP contribution in [0.3, 0.4) is 0 Å². The van der Waals surface area contributed by atoms with Gasteiger partial charge in [0, 0.05) is 31.1 Å². The summed E-state index contributed by atoms with van der Waals surface area (Å²) in [6, 6.07) is 9.93. The lowest BCUT2D eigenvalue weighted by atomic mass is 10.1. The highest BCUT2D eigenvalue weighted by Crippen LogP contribution is 2.16. The van der Waals surface area contributed by atoms with E-state index in [-0.39, 0.29) is 12.1 Å². The van der Waals surface area contributed by atoms with Crippen molar-refractivity contribution in [2.45, 2.75) is 32.2 Å².